The Labute approximate surface area is 88.1 Å². The Kier molecular flexibility index (Phi) is 1.10. The van der Waals surface area contributed by atoms with E-state index in [9.17, 15) is 9.59 Å². The van der Waals surface area contributed by atoms with Crippen LogP contribution >= 0.6 is 0 Å². The van der Waals surface area contributed by atoms with Crippen molar-refractivity contribution in [2.45, 2.75) is 12.8 Å². The van der Waals surface area contributed by atoms with Gasteiger partial charge >= 0.3 is 0 Å². The Morgan fingerprint density at radius 1 is 1.13 bits per heavy atom. The molecule has 0 N–H and O–H groups in total. The molecule has 2 amide bonds. The highest BCUT2D eigenvalue weighted by atomic mass is 16.2. The van der Waals surface area contributed by atoms with Gasteiger partial charge in [-0.1, -0.05) is 12.2 Å². The molecule has 4 rings (SSSR count). The molecule has 1 aliphatic heterocycles. The topological polar surface area (TPSA) is 37.4 Å². The van der Waals surface area contributed by atoms with Crippen LogP contribution in [0.2, 0.25) is 0 Å². The standard InChI is InChI=1S/C12H13NO2/c1-13-10(14)8-6-2-3-7(9(8)11(13)15)12(6)4-5-12/h2-3,6-9H,4-5H2,1H3/t6-,7+,8-,9-/m0/s1. The Bertz CT molecular complexity index is 387. The van der Waals surface area contributed by atoms with E-state index in [1.54, 1.807) is 7.05 Å². The van der Waals surface area contributed by atoms with E-state index in [2.05, 4.69) is 12.2 Å². The highest BCUT2D eigenvalue weighted by Gasteiger charge is 2.72. The van der Waals surface area contributed by atoms with Gasteiger partial charge in [0.15, 0.2) is 0 Å². The molecule has 1 spiro atoms. The van der Waals surface area contributed by atoms with Gasteiger partial charge in [0, 0.05) is 7.05 Å². The fourth-order valence-corrected chi connectivity index (χ4v) is 4.23. The summed E-state index contributed by atoms with van der Waals surface area (Å²) in [4.78, 5) is 25.3. The van der Waals surface area contributed by atoms with Crippen molar-refractivity contribution in [3.05, 3.63) is 12.2 Å². The van der Waals surface area contributed by atoms with Crippen LogP contribution in [0.5, 0.6) is 0 Å². The fourth-order valence-electron chi connectivity index (χ4n) is 4.23. The van der Waals surface area contributed by atoms with E-state index in [4.69, 9.17) is 0 Å². The lowest BCUT2D eigenvalue weighted by molar-refractivity contribution is -0.139. The van der Waals surface area contributed by atoms with Crippen molar-refractivity contribution < 1.29 is 9.59 Å². The normalized spacial score (nSPS) is 48.2. The van der Waals surface area contributed by atoms with Gasteiger partial charge in [0.1, 0.15) is 0 Å². The summed E-state index contributed by atoms with van der Waals surface area (Å²) >= 11 is 0. The summed E-state index contributed by atoms with van der Waals surface area (Å²) in [6, 6.07) is 0. The molecule has 0 aromatic carbocycles. The third kappa shape index (κ3) is 0.638. The van der Waals surface area contributed by atoms with Gasteiger partial charge < -0.3 is 0 Å². The first kappa shape index (κ1) is 8.08. The third-order valence-electron chi connectivity index (χ3n) is 5.07. The van der Waals surface area contributed by atoms with Crippen molar-refractivity contribution in [1.82, 2.24) is 4.90 Å². The molecule has 4 atom stereocenters. The number of carbonyl (C=O) groups is 2. The molecular weight excluding hydrogens is 190 g/mol. The van der Waals surface area contributed by atoms with Gasteiger partial charge in [0.2, 0.25) is 11.8 Å². The molecule has 4 aliphatic rings. The number of likely N-dealkylation sites (tertiary alicyclic amines) is 1. The number of carbonyl (C=O) groups excluding carboxylic acids is 2. The zero-order valence-electron chi connectivity index (χ0n) is 8.64. The van der Waals surface area contributed by atoms with E-state index < -0.39 is 0 Å². The lowest BCUT2D eigenvalue weighted by atomic mass is 9.85. The SMILES string of the molecule is CN1C(=O)[C@@H]2[C@@H](C1=O)[C@@H]1C=C[C@H]2C12CC2. The first-order valence-electron chi connectivity index (χ1n) is 5.66. The first-order chi connectivity index (χ1) is 7.17. The molecule has 78 valence electrons. The van der Waals surface area contributed by atoms with Crippen LogP contribution in [0.15, 0.2) is 12.2 Å². The second-order valence-electron chi connectivity index (χ2n) is 5.46. The highest BCUT2D eigenvalue weighted by molar-refractivity contribution is 6.06. The predicted octanol–water partition coefficient (Wildman–Crippen LogP) is 0.813. The molecule has 2 bridgehead atoms. The maximum absolute atomic E-state index is 12.0. The quantitative estimate of drug-likeness (QED) is 0.431. The number of imide groups is 1. The molecule has 3 heteroatoms. The van der Waals surface area contributed by atoms with E-state index in [1.165, 1.54) is 17.7 Å². The number of fused-ring (bicyclic) bond motifs is 3. The number of nitrogens with zero attached hydrogens (tertiary/aromatic N) is 1. The molecule has 1 saturated heterocycles. The molecule has 0 unspecified atom stereocenters. The van der Waals surface area contributed by atoms with Gasteiger partial charge in [-0.3, -0.25) is 14.5 Å². The molecule has 0 aromatic rings. The number of hydrogen-bond acceptors (Lipinski definition) is 2. The van der Waals surface area contributed by atoms with Gasteiger partial charge in [-0.25, -0.2) is 0 Å². The summed E-state index contributed by atoms with van der Waals surface area (Å²) in [6.07, 6.45) is 6.82. The van der Waals surface area contributed by atoms with Crippen molar-refractivity contribution in [2.24, 2.45) is 29.1 Å². The van der Waals surface area contributed by atoms with Gasteiger partial charge in [-0.2, -0.15) is 0 Å². The Balaban J connectivity index is 1.87. The molecular formula is C12H13NO2. The van der Waals surface area contributed by atoms with Crippen LogP contribution in [0.3, 0.4) is 0 Å². The van der Waals surface area contributed by atoms with Crippen molar-refractivity contribution in [3.8, 4) is 0 Å². The summed E-state index contributed by atoms with van der Waals surface area (Å²) in [6.45, 7) is 0. The van der Waals surface area contributed by atoms with E-state index in [0.29, 0.717) is 17.3 Å². The minimum absolute atomic E-state index is 0.0139. The lowest BCUT2D eigenvalue weighted by Gasteiger charge is -2.18. The van der Waals surface area contributed by atoms with Gasteiger partial charge in [-0.15, -0.1) is 0 Å². The minimum Gasteiger partial charge on any atom is -0.285 e. The second-order valence-corrected chi connectivity index (χ2v) is 5.46. The summed E-state index contributed by atoms with van der Waals surface area (Å²) in [7, 11) is 1.63. The van der Waals surface area contributed by atoms with E-state index in [1.807, 2.05) is 0 Å². The third-order valence-corrected chi connectivity index (χ3v) is 5.07. The zero-order chi connectivity index (χ0) is 10.4. The van der Waals surface area contributed by atoms with E-state index in [0.717, 1.165) is 0 Å². The molecule has 15 heavy (non-hydrogen) atoms. The van der Waals surface area contributed by atoms with Gasteiger partial charge in [0.25, 0.3) is 0 Å². The molecule has 1 heterocycles. The first-order valence-corrected chi connectivity index (χ1v) is 5.66. The van der Waals surface area contributed by atoms with Crippen LogP contribution in [-0.2, 0) is 9.59 Å². The molecule has 2 saturated carbocycles. The van der Waals surface area contributed by atoms with E-state index in [-0.39, 0.29) is 23.7 Å². The van der Waals surface area contributed by atoms with Gasteiger partial charge in [0.05, 0.1) is 11.8 Å². The Hall–Kier alpha value is -1.12. The van der Waals surface area contributed by atoms with Crippen molar-refractivity contribution >= 4 is 11.8 Å². The van der Waals surface area contributed by atoms with Crippen LogP contribution in [0.1, 0.15) is 12.8 Å². The maximum Gasteiger partial charge on any atom is 0.233 e. The number of hydrogen-bond donors (Lipinski definition) is 0. The average Bonchev–Trinajstić information content (AvgIpc) is 2.85. The summed E-state index contributed by atoms with van der Waals surface area (Å²) in [5, 5.41) is 0. The number of rotatable bonds is 0. The smallest absolute Gasteiger partial charge is 0.233 e. The second kappa shape index (κ2) is 2.04. The van der Waals surface area contributed by atoms with Crippen LogP contribution in [0.4, 0.5) is 0 Å². The molecule has 3 fully saturated rings. The fraction of sp³-hybridized carbons (Fsp3) is 0.667. The minimum atomic E-state index is -0.0139. The van der Waals surface area contributed by atoms with Crippen molar-refractivity contribution in [2.75, 3.05) is 7.05 Å². The van der Waals surface area contributed by atoms with Crippen molar-refractivity contribution in [1.29, 1.82) is 0 Å². The number of allylic oxidation sites excluding steroid dienone is 2. The molecule has 0 aromatic heterocycles. The van der Waals surface area contributed by atoms with Crippen LogP contribution < -0.4 is 0 Å². The Morgan fingerprint density at radius 2 is 1.60 bits per heavy atom. The van der Waals surface area contributed by atoms with Gasteiger partial charge in [-0.05, 0) is 30.1 Å². The molecule has 3 aliphatic carbocycles. The van der Waals surface area contributed by atoms with Crippen molar-refractivity contribution in [3.63, 3.8) is 0 Å². The molecule has 0 radical (unpaired) electrons. The summed E-state index contributed by atoms with van der Waals surface area (Å²) < 4.78 is 0. The van der Waals surface area contributed by atoms with Crippen LogP contribution in [-0.4, -0.2) is 23.8 Å². The predicted molar refractivity (Wildman–Crippen MR) is 52.5 cm³/mol. The zero-order valence-corrected chi connectivity index (χ0v) is 8.64. The largest absolute Gasteiger partial charge is 0.285 e. The summed E-state index contributed by atoms with van der Waals surface area (Å²) in [5.74, 6) is 0.837. The average molecular weight is 203 g/mol. The maximum atomic E-state index is 12.0. The van der Waals surface area contributed by atoms with Crippen LogP contribution in [0, 0.1) is 29.1 Å². The Morgan fingerprint density at radius 3 is 2.00 bits per heavy atom. The summed E-state index contributed by atoms with van der Waals surface area (Å²) in [5.41, 5.74) is 0.335. The number of amides is 2. The lowest BCUT2D eigenvalue weighted by Crippen LogP contribution is -2.31. The van der Waals surface area contributed by atoms with E-state index >= 15 is 0 Å². The highest BCUT2D eigenvalue weighted by Crippen LogP contribution is 2.73. The van der Waals surface area contributed by atoms with Crippen LogP contribution in [0.25, 0.3) is 0 Å². The monoisotopic (exact) mass is 203 g/mol. The molecule has 3 nitrogen and oxygen atoms in total.